The molecule has 0 unspecified atom stereocenters. The van der Waals surface area contributed by atoms with Crippen molar-refractivity contribution in [1.29, 1.82) is 0 Å². The van der Waals surface area contributed by atoms with Crippen LogP contribution in [0, 0.1) is 5.82 Å². The Kier molecular flexibility index (Phi) is 7.88. The zero-order chi connectivity index (χ0) is 24.0. The summed E-state index contributed by atoms with van der Waals surface area (Å²) in [5.41, 5.74) is 1.09. The lowest BCUT2D eigenvalue weighted by Crippen LogP contribution is -2.24. The molecule has 174 valence electrons. The average Bonchev–Trinajstić information content (AvgIpc) is 2.80. The summed E-state index contributed by atoms with van der Waals surface area (Å²) in [5, 5.41) is 2.90. The summed E-state index contributed by atoms with van der Waals surface area (Å²) >= 11 is 6.13. The number of hydrogen-bond acceptors (Lipinski definition) is 5. The van der Waals surface area contributed by atoms with Gasteiger partial charge in [-0.1, -0.05) is 17.7 Å². The molecule has 3 rings (SSSR count). The van der Waals surface area contributed by atoms with Crippen molar-refractivity contribution >= 4 is 39.0 Å². The molecule has 10 heteroatoms. The van der Waals surface area contributed by atoms with Crippen molar-refractivity contribution in [2.24, 2.45) is 0 Å². The molecule has 0 saturated heterocycles. The van der Waals surface area contributed by atoms with Gasteiger partial charge in [-0.2, -0.15) is 0 Å². The van der Waals surface area contributed by atoms with Crippen LogP contribution in [0.1, 0.15) is 29.8 Å². The summed E-state index contributed by atoms with van der Waals surface area (Å²) in [7, 11) is -4.01. The minimum atomic E-state index is -4.01. The Labute approximate surface area is 197 Å². The van der Waals surface area contributed by atoms with Crippen LogP contribution in [0.25, 0.3) is 0 Å². The first kappa shape index (κ1) is 24.5. The lowest BCUT2D eigenvalue weighted by Gasteiger charge is -2.19. The van der Waals surface area contributed by atoms with Crippen LogP contribution in [0.3, 0.4) is 0 Å². The van der Waals surface area contributed by atoms with Crippen molar-refractivity contribution in [2.75, 3.05) is 22.7 Å². The smallest absolute Gasteiger partial charge is 0.261 e. The lowest BCUT2D eigenvalue weighted by molar-refractivity contribution is 0.0951. The molecule has 7 nitrogen and oxygen atoms in total. The number of benzene rings is 2. The fourth-order valence-corrected chi connectivity index (χ4v) is 4.39. The number of halogens is 2. The van der Waals surface area contributed by atoms with Gasteiger partial charge in [-0.3, -0.25) is 9.52 Å². The molecule has 0 saturated carbocycles. The maximum Gasteiger partial charge on any atom is 0.261 e. The fourth-order valence-electron chi connectivity index (χ4n) is 3.10. The Hall–Kier alpha value is -3.17. The maximum absolute atomic E-state index is 13.1. The third kappa shape index (κ3) is 6.21. The van der Waals surface area contributed by atoms with Crippen LogP contribution in [-0.4, -0.2) is 32.4 Å². The summed E-state index contributed by atoms with van der Waals surface area (Å²) in [4.78, 5) is 19.0. The molecule has 0 bridgehead atoms. The van der Waals surface area contributed by atoms with Crippen LogP contribution < -0.4 is 14.9 Å². The number of nitrogens with one attached hydrogen (secondary N) is 2. The van der Waals surface area contributed by atoms with Crippen LogP contribution >= 0.6 is 11.6 Å². The Morgan fingerprint density at radius 1 is 1.06 bits per heavy atom. The molecule has 0 aliphatic carbocycles. The van der Waals surface area contributed by atoms with Crippen molar-refractivity contribution in [3.8, 4) is 0 Å². The van der Waals surface area contributed by atoms with E-state index in [1.54, 1.807) is 6.20 Å². The van der Waals surface area contributed by atoms with E-state index in [9.17, 15) is 17.6 Å². The zero-order valence-corrected chi connectivity index (χ0v) is 19.8. The Bertz CT molecular complexity index is 1220. The molecule has 33 heavy (non-hydrogen) atoms. The minimum Gasteiger partial charge on any atom is -0.357 e. The minimum absolute atomic E-state index is 0.0406. The van der Waals surface area contributed by atoms with Crippen molar-refractivity contribution in [2.45, 2.75) is 25.3 Å². The predicted octanol–water partition coefficient (Wildman–Crippen LogP) is 4.45. The number of hydrogen-bond donors (Lipinski definition) is 2. The molecular weight excluding hydrogens is 467 g/mol. The van der Waals surface area contributed by atoms with Crippen LogP contribution in [0.2, 0.25) is 5.02 Å². The summed E-state index contributed by atoms with van der Waals surface area (Å²) in [6.07, 6.45) is 1.71. The highest BCUT2D eigenvalue weighted by Crippen LogP contribution is 2.26. The zero-order valence-electron chi connectivity index (χ0n) is 18.2. The molecule has 1 aromatic heterocycles. The van der Waals surface area contributed by atoms with Gasteiger partial charge >= 0.3 is 0 Å². The second-order valence-electron chi connectivity index (χ2n) is 7.13. The van der Waals surface area contributed by atoms with Crippen LogP contribution in [0.4, 0.5) is 15.9 Å². The van der Waals surface area contributed by atoms with E-state index in [4.69, 9.17) is 11.6 Å². The monoisotopic (exact) mass is 490 g/mol. The van der Waals surface area contributed by atoms with Gasteiger partial charge in [-0.25, -0.2) is 17.8 Å². The molecule has 1 amide bonds. The quantitative estimate of drug-likeness (QED) is 0.462. The van der Waals surface area contributed by atoms with Gasteiger partial charge in [-0.15, -0.1) is 0 Å². The van der Waals surface area contributed by atoms with E-state index in [2.05, 4.69) is 33.8 Å². The standard InChI is InChI=1S/C23H24ClFN4O3S/c1-3-29(4-2)22-12-5-16(14-26-22)15-27-23(30)17-6-11-20(24)21(13-17)28-33(31,32)19-9-7-18(25)8-10-19/h5-14,28H,3-4,15H2,1-2H3,(H,27,30). The van der Waals surface area contributed by atoms with Gasteiger partial charge in [0, 0.05) is 31.4 Å². The van der Waals surface area contributed by atoms with Crippen LogP contribution in [0.5, 0.6) is 0 Å². The summed E-state index contributed by atoms with van der Waals surface area (Å²) in [6, 6.07) is 12.4. The number of pyridine rings is 1. The number of nitrogens with zero attached hydrogens (tertiary/aromatic N) is 2. The Balaban J connectivity index is 1.69. The molecular formula is C23H24ClFN4O3S. The van der Waals surface area contributed by atoms with Crippen molar-refractivity contribution < 1.29 is 17.6 Å². The second kappa shape index (κ2) is 10.6. The van der Waals surface area contributed by atoms with Crippen molar-refractivity contribution in [3.63, 3.8) is 0 Å². The van der Waals surface area contributed by atoms with E-state index < -0.39 is 21.7 Å². The maximum atomic E-state index is 13.1. The number of amides is 1. The van der Waals surface area contributed by atoms with Gasteiger partial charge in [0.15, 0.2) is 0 Å². The van der Waals surface area contributed by atoms with Crippen molar-refractivity contribution in [3.05, 3.63) is 82.8 Å². The number of carbonyl (C=O) groups excluding carboxylic acids is 1. The first-order chi connectivity index (χ1) is 15.7. The van der Waals surface area contributed by atoms with E-state index in [-0.39, 0.29) is 27.7 Å². The summed E-state index contributed by atoms with van der Waals surface area (Å²) < 4.78 is 40.6. The van der Waals surface area contributed by atoms with Gasteiger partial charge < -0.3 is 10.2 Å². The van der Waals surface area contributed by atoms with E-state index in [1.807, 2.05) is 12.1 Å². The second-order valence-corrected chi connectivity index (χ2v) is 9.22. The van der Waals surface area contributed by atoms with E-state index >= 15 is 0 Å². The molecule has 0 atom stereocenters. The third-order valence-corrected chi connectivity index (χ3v) is 6.66. The molecule has 0 spiro atoms. The highest BCUT2D eigenvalue weighted by atomic mass is 35.5. The van der Waals surface area contributed by atoms with Gasteiger partial charge in [0.2, 0.25) is 0 Å². The topological polar surface area (TPSA) is 91.4 Å². The molecule has 1 heterocycles. The largest absolute Gasteiger partial charge is 0.357 e. The Morgan fingerprint density at radius 3 is 2.36 bits per heavy atom. The third-order valence-electron chi connectivity index (χ3n) is 4.95. The number of aromatic nitrogens is 1. The summed E-state index contributed by atoms with van der Waals surface area (Å²) in [5.74, 6) is -0.0869. The molecule has 2 aromatic carbocycles. The number of anilines is 2. The first-order valence-corrected chi connectivity index (χ1v) is 12.2. The first-order valence-electron chi connectivity index (χ1n) is 10.3. The van der Waals surface area contributed by atoms with Crippen LogP contribution in [0.15, 0.2) is 65.7 Å². The fraction of sp³-hybridized carbons (Fsp3) is 0.217. The number of sulfonamides is 1. The van der Waals surface area contributed by atoms with Gasteiger partial charge in [-0.05, 0) is 67.9 Å². The van der Waals surface area contributed by atoms with Gasteiger partial charge in [0.25, 0.3) is 15.9 Å². The molecule has 0 aliphatic heterocycles. The van der Waals surface area contributed by atoms with Crippen molar-refractivity contribution in [1.82, 2.24) is 10.3 Å². The highest BCUT2D eigenvalue weighted by Gasteiger charge is 2.17. The molecule has 3 aromatic rings. The predicted molar refractivity (Wildman–Crippen MR) is 128 cm³/mol. The lowest BCUT2D eigenvalue weighted by atomic mass is 10.2. The molecule has 0 aliphatic rings. The van der Waals surface area contributed by atoms with Gasteiger partial charge in [0.1, 0.15) is 11.6 Å². The number of carbonyl (C=O) groups is 1. The summed E-state index contributed by atoms with van der Waals surface area (Å²) in [6.45, 7) is 6.06. The van der Waals surface area contributed by atoms with Crippen LogP contribution in [-0.2, 0) is 16.6 Å². The normalized spacial score (nSPS) is 11.2. The SMILES string of the molecule is CCN(CC)c1ccc(CNC(=O)c2ccc(Cl)c(NS(=O)(=O)c3ccc(F)cc3)c2)cn1. The van der Waals surface area contributed by atoms with E-state index in [0.717, 1.165) is 48.7 Å². The number of rotatable bonds is 9. The van der Waals surface area contributed by atoms with E-state index in [1.165, 1.54) is 18.2 Å². The molecule has 0 radical (unpaired) electrons. The Morgan fingerprint density at radius 2 is 1.76 bits per heavy atom. The highest BCUT2D eigenvalue weighted by molar-refractivity contribution is 7.92. The molecule has 2 N–H and O–H groups in total. The van der Waals surface area contributed by atoms with E-state index in [0.29, 0.717) is 0 Å². The van der Waals surface area contributed by atoms with Gasteiger partial charge in [0.05, 0.1) is 15.6 Å². The molecule has 0 fully saturated rings. The average molecular weight is 491 g/mol.